The molecule has 1 aromatic carbocycles. The summed E-state index contributed by atoms with van der Waals surface area (Å²) >= 11 is 5.95. The molecule has 0 atom stereocenters. The van der Waals surface area contributed by atoms with Crippen LogP contribution in [0.5, 0.6) is 11.5 Å². The van der Waals surface area contributed by atoms with Gasteiger partial charge >= 0.3 is 6.18 Å². The van der Waals surface area contributed by atoms with Gasteiger partial charge in [-0.25, -0.2) is 0 Å². The second kappa shape index (κ2) is 7.75. The second-order valence-electron chi connectivity index (χ2n) is 5.02. The van der Waals surface area contributed by atoms with Gasteiger partial charge in [-0.2, -0.15) is 13.2 Å². The molecule has 0 amide bonds. The first-order chi connectivity index (χ1) is 9.73. The minimum Gasteiger partial charge on any atom is -0.493 e. The fourth-order valence-electron chi connectivity index (χ4n) is 1.72. The quantitative estimate of drug-likeness (QED) is 0.821. The first-order valence-corrected chi connectivity index (χ1v) is 6.87. The molecule has 0 heterocycles. The van der Waals surface area contributed by atoms with Crippen molar-refractivity contribution in [3.05, 3.63) is 22.7 Å². The van der Waals surface area contributed by atoms with Crippen LogP contribution in [-0.2, 0) is 6.54 Å². The monoisotopic (exact) mass is 325 g/mol. The van der Waals surface area contributed by atoms with Crippen molar-refractivity contribution in [3.8, 4) is 11.5 Å². The Balaban J connectivity index is 2.94. The Morgan fingerprint density at radius 1 is 1.29 bits per heavy atom. The molecule has 7 heteroatoms. The lowest BCUT2D eigenvalue weighted by Crippen LogP contribution is -2.22. The highest BCUT2D eigenvalue weighted by molar-refractivity contribution is 6.30. The lowest BCUT2D eigenvalue weighted by Gasteiger charge is -2.17. The zero-order valence-corrected chi connectivity index (χ0v) is 12.9. The summed E-state index contributed by atoms with van der Waals surface area (Å²) in [6, 6.07) is 3.00. The Hall–Kier alpha value is -1.14. The topological polar surface area (TPSA) is 30.5 Å². The summed E-state index contributed by atoms with van der Waals surface area (Å²) < 4.78 is 47.0. The van der Waals surface area contributed by atoms with Crippen molar-refractivity contribution in [2.24, 2.45) is 5.92 Å². The van der Waals surface area contributed by atoms with Gasteiger partial charge in [0.1, 0.15) is 0 Å². The van der Waals surface area contributed by atoms with E-state index in [0.29, 0.717) is 23.0 Å². The molecule has 3 nitrogen and oxygen atoms in total. The van der Waals surface area contributed by atoms with Gasteiger partial charge in [0.05, 0.1) is 7.11 Å². The van der Waals surface area contributed by atoms with E-state index in [-0.39, 0.29) is 11.5 Å². The molecule has 1 N–H and O–H groups in total. The molecule has 1 aromatic rings. The van der Waals surface area contributed by atoms with Gasteiger partial charge in [-0.15, -0.1) is 0 Å². The van der Waals surface area contributed by atoms with E-state index in [9.17, 15) is 13.2 Å². The smallest absolute Gasteiger partial charge is 0.422 e. The third kappa shape index (κ3) is 6.44. The summed E-state index contributed by atoms with van der Waals surface area (Å²) in [5.41, 5.74) is 0.532. The van der Waals surface area contributed by atoms with Crippen molar-refractivity contribution in [3.63, 3.8) is 0 Å². The number of nitrogens with one attached hydrogen (secondary N) is 1. The molecule has 0 aliphatic carbocycles. The van der Waals surface area contributed by atoms with Crippen molar-refractivity contribution >= 4 is 11.6 Å². The fourth-order valence-corrected chi connectivity index (χ4v) is 1.95. The molecule has 0 radical (unpaired) electrons. The van der Waals surface area contributed by atoms with Crippen LogP contribution in [-0.4, -0.2) is 26.4 Å². The first kappa shape index (κ1) is 17.9. The lowest BCUT2D eigenvalue weighted by atomic mass is 10.1. The average molecular weight is 326 g/mol. The van der Waals surface area contributed by atoms with Crippen molar-refractivity contribution in [1.29, 1.82) is 0 Å². The average Bonchev–Trinajstić information content (AvgIpc) is 2.35. The van der Waals surface area contributed by atoms with E-state index in [1.54, 1.807) is 6.07 Å². The first-order valence-electron chi connectivity index (χ1n) is 6.49. The molecule has 0 aromatic heterocycles. The number of methoxy groups -OCH3 is 1. The Morgan fingerprint density at radius 2 is 1.95 bits per heavy atom. The summed E-state index contributed by atoms with van der Waals surface area (Å²) in [5.74, 6) is 0.675. The number of alkyl halides is 3. The van der Waals surface area contributed by atoms with E-state index >= 15 is 0 Å². The highest BCUT2D eigenvalue weighted by Crippen LogP contribution is 2.35. The molecule has 0 saturated heterocycles. The molecule has 0 saturated carbocycles. The number of hydrogen-bond acceptors (Lipinski definition) is 3. The summed E-state index contributed by atoms with van der Waals surface area (Å²) in [4.78, 5) is 0. The molecule has 1 rings (SSSR count). The molecule has 0 fully saturated rings. The van der Waals surface area contributed by atoms with Crippen molar-refractivity contribution in [1.82, 2.24) is 5.32 Å². The predicted octanol–water partition coefficient (Wildman–Crippen LogP) is 4.04. The zero-order valence-electron chi connectivity index (χ0n) is 12.2. The number of rotatable bonds is 7. The van der Waals surface area contributed by atoms with Crippen LogP contribution in [0.3, 0.4) is 0 Å². The molecule has 21 heavy (non-hydrogen) atoms. The predicted molar refractivity (Wildman–Crippen MR) is 76.1 cm³/mol. The van der Waals surface area contributed by atoms with Gasteiger partial charge in [-0.1, -0.05) is 25.4 Å². The molecule has 0 aliphatic rings. The number of halogens is 4. The minimum atomic E-state index is -4.41. The van der Waals surface area contributed by atoms with Crippen molar-refractivity contribution in [2.45, 2.75) is 26.6 Å². The van der Waals surface area contributed by atoms with E-state index in [0.717, 1.165) is 6.54 Å². The molecule has 0 aliphatic heterocycles. The maximum absolute atomic E-state index is 12.3. The van der Waals surface area contributed by atoms with Gasteiger partial charge in [0.15, 0.2) is 18.1 Å². The fraction of sp³-hybridized carbons (Fsp3) is 0.571. The standard InChI is InChI=1S/C14H19ClF3NO2/c1-9(2)6-19-7-10-4-11(15)5-12(20-3)13(10)21-8-14(16,17)18/h4-5,9,19H,6-8H2,1-3H3. The lowest BCUT2D eigenvalue weighted by molar-refractivity contribution is -0.153. The third-order valence-electron chi connectivity index (χ3n) is 2.56. The van der Waals surface area contributed by atoms with Crippen molar-refractivity contribution in [2.75, 3.05) is 20.3 Å². The Labute approximate surface area is 127 Å². The normalized spacial score (nSPS) is 11.8. The maximum atomic E-state index is 12.3. The SMILES string of the molecule is COc1cc(Cl)cc(CNCC(C)C)c1OCC(F)(F)F. The number of hydrogen-bond donors (Lipinski definition) is 1. The molecule has 0 spiro atoms. The minimum absolute atomic E-state index is 0.0653. The van der Waals surface area contributed by atoms with Crippen LogP contribution in [0.25, 0.3) is 0 Å². The summed E-state index contributed by atoms with van der Waals surface area (Å²) in [5, 5.41) is 3.52. The van der Waals surface area contributed by atoms with E-state index < -0.39 is 12.8 Å². The third-order valence-corrected chi connectivity index (χ3v) is 2.78. The van der Waals surface area contributed by atoms with E-state index in [1.165, 1.54) is 13.2 Å². The van der Waals surface area contributed by atoms with Crippen LogP contribution in [0.15, 0.2) is 12.1 Å². The van der Waals surface area contributed by atoms with Gasteiger partial charge in [0.2, 0.25) is 0 Å². The summed E-state index contributed by atoms with van der Waals surface area (Å²) in [6.07, 6.45) is -4.41. The van der Waals surface area contributed by atoms with Gasteiger partial charge in [0, 0.05) is 23.2 Å². The van der Waals surface area contributed by atoms with E-state index in [4.69, 9.17) is 21.1 Å². The van der Waals surface area contributed by atoms with Gasteiger partial charge in [0.25, 0.3) is 0 Å². The van der Waals surface area contributed by atoms with Crippen LogP contribution in [0.2, 0.25) is 5.02 Å². The largest absolute Gasteiger partial charge is 0.493 e. The van der Waals surface area contributed by atoms with Gasteiger partial charge in [-0.05, 0) is 18.5 Å². The number of benzene rings is 1. The Kier molecular flexibility index (Phi) is 6.61. The molecule has 0 unspecified atom stereocenters. The van der Waals surface area contributed by atoms with E-state index in [2.05, 4.69) is 5.32 Å². The molecular formula is C14H19ClF3NO2. The van der Waals surface area contributed by atoms with Crippen LogP contribution in [0, 0.1) is 5.92 Å². The number of ether oxygens (including phenoxy) is 2. The second-order valence-corrected chi connectivity index (χ2v) is 5.46. The van der Waals surface area contributed by atoms with Crippen LogP contribution >= 0.6 is 11.6 Å². The van der Waals surface area contributed by atoms with Crippen molar-refractivity contribution < 1.29 is 22.6 Å². The molecular weight excluding hydrogens is 307 g/mol. The van der Waals surface area contributed by atoms with Gasteiger partial charge in [-0.3, -0.25) is 0 Å². The Morgan fingerprint density at radius 3 is 2.48 bits per heavy atom. The van der Waals surface area contributed by atoms with Crippen LogP contribution in [0.1, 0.15) is 19.4 Å². The molecule has 0 bridgehead atoms. The zero-order chi connectivity index (χ0) is 16.0. The van der Waals surface area contributed by atoms with Crippen LogP contribution < -0.4 is 14.8 Å². The maximum Gasteiger partial charge on any atom is 0.422 e. The summed E-state index contributed by atoms with van der Waals surface area (Å²) in [6.45, 7) is 3.78. The van der Waals surface area contributed by atoms with Gasteiger partial charge < -0.3 is 14.8 Å². The van der Waals surface area contributed by atoms with Crippen LogP contribution in [0.4, 0.5) is 13.2 Å². The molecule has 120 valence electrons. The summed E-state index contributed by atoms with van der Waals surface area (Å²) in [7, 11) is 1.36. The highest BCUT2D eigenvalue weighted by atomic mass is 35.5. The van der Waals surface area contributed by atoms with E-state index in [1.807, 2.05) is 13.8 Å². The highest BCUT2D eigenvalue weighted by Gasteiger charge is 2.29. The Bertz CT molecular complexity index is 464.